The molecule has 7 rings (SSSR count). The van der Waals surface area contributed by atoms with Crippen LogP contribution < -0.4 is 5.32 Å². The lowest BCUT2D eigenvalue weighted by Gasteiger charge is -2.56. The first-order valence-electron chi connectivity index (χ1n) is 29.3. The summed E-state index contributed by atoms with van der Waals surface area (Å²) in [7, 11) is 0. The third-order valence-corrected chi connectivity index (χ3v) is 23.7. The molecule has 0 spiro atoms. The Morgan fingerprint density at radius 2 is 1.34 bits per heavy atom. The first-order valence-corrected chi connectivity index (χ1v) is 30.2. The molecule has 5 saturated carbocycles. The van der Waals surface area contributed by atoms with Crippen molar-refractivity contribution in [2.24, 2.45) is 112 Å². The molecule has 21 atom stereocenters. The summed E-state index contributed by atoms with van der Waals surface area (Å²) in [6.45, 7) is 28.3. The Morgan fingerprint density at radius 3 is 2.06 bits per heavy atom. The van der Waals surface area contributed by atoms with Crippen molar-refractivity contribution in [2.45, 2.75) is 266 Å². The van der Waals surface area contributed by atoms with E-state index < -0.39 is 0 Å². The minimum atomic E-state index is 0.679. The first kappa shape index (κ1) is 50.2. The van der Waals surface area contributed by atoms with Gasteiger partial charge in [0.05, 0.1) is 0 Å². The lowest BCUT2D eigenvalue weighted by Crippen LogP contribution is -2.60. The van der Waals surface area contributed by atoms with Gasteiger partial charge in [-0.2, -0.15) is 11.8 Å². The fourth-order valence-corrected chi connectivity index (χ4v) is 20.9. The van der Waals surface area contributed by atoms with Crippen LogP contribution in [0.25, 0.3) is 0 Å². The zero-order valence-corrected chi connectivity index (χ0v) is 44.4. The van der Waals surface area contributed by atoms with Crippen LogP contribution in [0.1, 0.15) is 243 Å². The molecule has 7 fully saturated rings. The summed E-state index contributed by atoms with van der Waals surface area (Å²) in [5.41, 5.74) is 0. The molecule has 21 unspecified atom stereocenters. The Balaban J connectivity index is 1.02. The van der Waals surface area contributed by atoms with Crippen LogP contribution in [0.15, 0.2) is 0 Å². The van der Waals surface area contributed by atoms with E-state index in [1.807, 2.05) is 0 Å². The molecule has 0 radical (unpaired) electrons. The van der Waals surface area contributed by atoms with Crippen molar-refractivity contribution in [1.29, 1.82) is 0 Å². The summed E-state index contributed by atoms with van der Waals surface area (Å²) in [5, 5.41) is 6.46. The highest BCUT2D eigenvalue weighted by Gasteiger charge is 2.53. The number of rotatable bonds is 19. The third kappa shape index (κ3) is 12.1. The van der Waals surface area contributed by atoms with E-state index in [1.54, 1.807) is 64.2 Å². The molecule has 2 heterocycles. The maximum Gasteiger partial charge on any atom is 0.0132 e. The molecule has 1 N–H and O–H groups in total. The highest BCUT2D eigenvalue weighted by molar-refractivity contribution is 8.00. The van der Waals surface area contributed by atoms with Crippen molar-refractivity contribution >= 4 is 11.8 Å². The summed E-state index contributed by atoms with van der Waals surface area (Å²) in [6.07, 6.45) is 39.2. The molecule has 0 bridgehead atoms. The maximum absolute atomic E-state index is 4.49. The van der Waals surface area contributed by atoms with Gasteiger partial charge in [-0.05, 0) is 203 Å². The molecule has 62 heavy (non-hydrogen) atoms. The van der Waals surface area contributed by atoms with E-state index in [0.29, 0.717) is 6.04 Å². The van der Waals surface area contributed by atoms with E-state index in [4.69, 9.17) is 0 Å². The molecule has 1 nitrogen and oxygen atoms in total. The van der Waals surface area contributed by atoms with Gasteiger partial charge < -0.3 is 5.32 Å². The molecule has 7 aliphatic rings. The van der Waals surface area contributed by atoms with Gasteiger partial charge in [0.1, 0.15) is 0 Å². The van der Waals surface area contributed by atoms with Crippen molar-refractivity contribution in [1.82, 2.24) is 5.32 Å². The van der Waals surface area contributed by atoms with E-state index >= 15 is 0 Å². The number of thioether (sulfide) groups is 1. The summed E-state index contributed by atoms with van der Waals surface area (Å²) >= 11 is 2.58. The standard InChI is InChI=1S/C60H109NS/c1-12-20-39(6)30-50(55-36-51(48-22-16-15-17-23-48)37-56-54(33-43(10)61-58(55)56)44(11)40(7)29-38(4)5)28-27-46-32-42(9)59-57(35-46)53-26-19-25-49(60(53)62-59)24-18-21-45-31-41(8)52(14-3)47(13-2)34-45/h38-61H,12-37H2,1-11H3. The SMILES string of the molecule is CCCC(C)CC(CCC1CC(C)C2SC3C(CCCC4CC(C)C(CC)C(CC)C4)CCCC3C2C1)C1CC(C2CCCCC2)CC2C(C(C)C(C)CC(C)C)CC(C)NC12. The fourth-order valence-electron chi connectivity index (χ4n) is 18.6. The second kappa shape index (κ2) is 23.6. The Kier molecular flexibility index (Phi) is 19.1. The summed E-state index contributed by atoms with van der Waals surface area (Å²) in [5.74, 6) is 18.0. The van der Waals surface area contributed by atoms with E-state index in [1.165, 1.54) is 103 Å². The van der Waals surface area contributed by atoms with Crippen molar-refractivity contribution in [2.75, 3.05) is 0 Å². The summed E-state index contributed by atoms with van der Waals surface area (Å²) in [6, 6.07) is 1.44. The van der Waals surface area contributed by atoms with Gasteiger partial charge in [0.2, 0.25) is 0 Å². The lowest BCUT2D eigenvalue weighted by atomic mass is 9.54. The monoisotopic (exact) mass is 876 g/mol. The molecule has 2 heteroatoms. The van der Waals surface area contributed by atoms with Crippen LogP contribution in [-0.4, -0.2) is 22.6 Å². The quantitative estimate of drug-likeness (QED) is 0.139. The Bertz CT molecular complexity index is 1290. The largest absolute Gasteiger partial charge is 0.311 e. The normalized spacial score (nSPS) is 43.6. The molecule has 0 aromatic heterocycles. The summed E-state index contributed by atoms with van der Waals surface area (Å²) < 4.78 is 0. The van der Waals surface area contributed by atoms with Gasteiger partial charge >= 0.3 is 0 Å². The second-order valence-corrected chi connectivity index (χ2v) is 27.6. The maximum atomic E-state index is 4.49. The van der Waals surface area contributed by atoms with Gasteiger partial charge in [-0.15, -0.1) is 0 Å². The van der Waals surface area contributed by atoms with Gasteiger partial charge in [-0.25, -0.2) is 0 Å². The van der Waals surface area contributed by atoms with Crippen LogP contribution in [0.2, 0.25) is 0 Å². The third-order valence-electron chi connectivity index (χ3n) is 21.5. The Morgan fingerprint density at radius 1 is 0.581 bits per heavy atom. The van der Waals surface area contributed by atoms with Gasteiger partial charge in [0.15, 0.2) is 0 Å². The number of fused-ring (bicyclic) bond motifs is 4. The van der Waals surface area contributed by atoms with Crippen LogP contribution in [-0.2, 0) is 0 Å². The zero-order chi connectivity index (χ0) is 44.1. The lowest BCUT2D eigenvalue weighted by molar-refractivity contribution is -0.0323. The van der Waals surface area contributed by atoms with E-state index in [0.717, 1.165) is 129 Å². The van der Waals surface area contributed by atoms with Crippen LogP contribution in [0.5, 0.6) is 0 Å². The molecular formula is C60H109NS. The predicted molar refractivity (Wildman–Crippen MR) is 275 cm³/mol. The van der Waals surface area contributed by atoms with Crippen LogP contribution >= 0.6 is 11.8 Å². The summed E-state index contributed by atoms with van der Waals surface area (Å²) in [4.78, 5) is 0. The van der Waals surface area contributed by atoms with Crippen molar-refractivity contribution in [3.63, 3.8) is 0 Å². The van der Waals surface area contributed by atoms with Crippen LogP contribution in [0, 0.1) is 112 Å². The Labute approximate surface area is 393 Å². The molecule has 0 aromatic rings. The topological polar surface area (TPSA) is 12.0 Å². The van der Waals surface area contributed by atoms with Crippen molar-refractivity contribution < 1.29 is 0 Å². The van der Waals surface area contributed by atoms with Crippen molar-refractivity contribution in [3.8, 4) is 0 Å². The average molecular weight is 877 g/mol. The molecule has 2 aliphatic heterocycles. The molecular weight excluding hydrogens is 767 g/mol. The van der Waals surface area contributed by atoms with Gasteiger partial charge in [-0.1, -0.05) is 153 Å². The molecule has 0 amide bonds. The number of piperidine rings is 1. The number of nitrogens with one attached hydrogen (secondary N) is 1. The van der Waals surface area contributed by atoms with Crippen LogP contribution in [0.3, 0.4) is 0 Å². The van der Waals surface area contributed by atoms with E-state index in [2.05, 4.69) is 93.2 Å². The zero-order valence-electron chi connectivity index (χ0n) is 43.6. The van der Waals surface area contributed by atoms with Crippen LogP contribution in [0.4, 0.5) is 0 Å². The van der Waals surface area contributed by atoms with Gasteiger partial charge in [0, 0.05) is 22.6 Å². The number of hydrogen-bond donors (Lipinski definition) is 1. The predicted octanol–water partition coefficient (Wildman–Crippen LogP) is 17.9. The first-order chi connectivity index (χ1) is 29.9. The minimum Gasteiger partial charge on any atom is -0.311 e. The second-order valence-electron chi connectivity index (χ2n) is 26.3. The number of hydrogen-bond acceptors (Lipinski definition) is 2. The molecule has 0 aromatic carbocycles. The minimum absolute atomic E-state index is 0.679. The van der Waals surface area contributed by atoms with Crippen molar-refractivity contribution in [3.05, 3.63) is 0 Å². The molecule has 360 valence electrons. The van der Waals surface area contributed by atoms with Gasteiger partial charge in [0.25, 0.3) is 0 Å². The molecule has 2 saturated heterocycles. The molecule has 5 aliphatic carbocycles. The fraction of sp³-hybridized carbons (Fsp3) is 1.00. The Hall–Kier alpha value is 0.310. The highest BCUT2D eigenvalue weighted by Crippen LogP contribution is 2.60. The van der Waals surface area contributed by atoms with E-state index in [-0.39, 0.29) is 0 Å². The average Bonchev–Trinajstić information content (AvgIpc) is 3.64. The smallest absolute Gasteiger partial charge is 0.0132 e. The highest BCUT2D eigenvalue weighted by atomic mass is 32.2. The van der Waals surface area contributed by atoms with Gasteiger partial charge in [-0.3, -0.25) is 0 Å². The van der Waals surface area contributed by atoms with E-state index in [9.17, 15) is 0 Å².